The number of hydrogen-bond acceptors (Lipinski definition) is 4. The minimum Gasteiger partial charge on any atom is -0.394 e. The third kappa shape index (κ3) is 2.81. The summed E-state index contributed by atoms with van der Waals surface area (Å²) in [6, 6.07) is 0.0490. The topological polar surface area (TPSA) is 70.3 Å². The number of hydrogen-bond donors (Lipinski definition) is 3. The van der Waals surface area contributed by atoms with Gasteiger partial charge in [0.15, 0.2) is 0 Å². The molecule has 1 heterocycles. The maximum atomic E-state index is 9.33. The van der Waals surface area contributed by atoms with Crippen molar-refractivity contribution in [2.45, 2.75) is 31.8 Å². The van der Waals surface area contributed by atoms with Gasteiger partial charge >= 0.3 is 0 Å². The Bertz CT molecular complexity index is 313. The minimum absolute atomic E-state index is 0.0490. The zero-order valence-corrected chi connectivity index (χ0v) is 10.1. The molecule has 0 amide bonds. The molecule has 16 heavy (non-hydrogen) atoms. The standard InChI is InChI=1S/C11H21N3O2/c1-4-11(7-15,8-16)13-9(2)10-5-12-14(3)6-10/h5-6,9,13,15-16H,4,7-8H2,1-3H3. The van der Waals surface area contributed by atoms with Crippen molar-refractivity contribution in [3.05, 3.63) is 18.0 Å². The van der Waals surface area contributed by atoms with Crippen molar-refractivity contribution in [3.63, 3.8) is 0 Å². The normalized spacial score (nSPS) is 14.1. The summed E-state index contributed by atoms with van der Waals surface area (Å²) in [6.07, 6.45) is 4.38. The zero-order valence-electron chi connectivity index (χ0n) is 10.1. The molecule has 0 fully saturated rings. The summed E-state index contributed by atoms with van der Waals surface area (Å²) in [5.74, 6) is 0. The first kappa shape index (κ1) is 13.2. The van der Waals surface area contributed by atoms with E-state index >= 15 is 0 Å². The third-order valence-electron chi connectivity index (χ3n) is 3.03. The average Bonchev–Trinajstić information content (AvgIpc) is 2.73. The Kier molecular flexibility index (Phi) is 4.46. The van der Waals surface area contributed by atoms with E-state index in [9.17, 15) is 10.2 Å². The molecule has 92 valence electrons. The second-order valence-electron chi connectivity index (χ2n) is 4.26. The molecule has 0 saturated heterocycles. The molecule has 0 aliphatic carbocycles. The van der Waals surface area contributed by atoms with Gasteiger partial charge in [-0.1, -0.05) is 6.92 Å². The molecule has 3 N–H and O–H groups in total. The van der Waals surface area contributed by atoms with E-state index in [1.54, 1.807) is 10.9 Å². The predicted octanol–water partition coefficient (Wildman–Crippen LogP) is 0.204. The fraction of sp³-hybridized carbons (Fsp3) is 0.727. The maximum Gasteiger partial charge on any atom is 0.0650 e. The van der Waals surface area contributed by atoms with Crippen LogP contribution in [0.25, 0.3) is 0 Å². The summed E-state index contributed by atoms with van der Waals surface area (Å²) in [7, 11) is 1.86. The Labute approximate surface area is 96.1 Å². The van der Waals surface area contributed by atoms with Gasteiger partial charge in [0.25, 0.3) is 0 Å². The number of rotatable bonds is 6. The van der Waals surface area contributed by atoms with Gasteiger partial charge in [-0.05, 0) is 13.3 Å². The Balaban J connectivity index is 2.72. The Morgan fingerprint density at radius 2 is 2.12 bits per heavy atom. The number of aromatic nitrogens is 2. The van der Waals surface area contributed by atoms with Gasteiger partial charge in [0.1, 0.15) is 0 Å². The van der Waals surface area contributed by atoms with Crippen LogP contribution in [-0.4, -0.2) is 38.7 Å². The summed E-state index contributed by atoms with van der Waals surface area (Å²) in [5.41, 5.74) is 0.428. The van der Waals surface area contributed by atoms with Crippen molar-refractivity contribution < 1.29 is 10.2 Å². The molecular formula is C11H21N3O2. The Morgan fingerprint density at radius 3 is 2.50 bits per heavy atom. The first-order chi connectivity index (χ1) is 7.56. The van der Waals surface area contributed by atoms with Gasteiger partial charge in [-0.2, -0.15) is 5.10 Å². The lowest BCUT2D eigenvalue weighted by Crippen LogP contribution is -2.52. The molecule has 1 unspecified atom stereocenters. The van der Waals surface area contributed by atoms with E-state index in [1.165, 1.54) is 0 Å². The molecule has 1 aromatic rings. The van der Waals surface area contributed by atoms with Gasteiger partial charge in [-0.3, -0.25) is 4.68 Å². The summed E-state index contributed by atoms with van der Waals surface area (Å²) >= 11 is 0. The van der Waals surface area contributed by atoms with Crippen LogP contribution in [0.4, 0.5) is 0 Å². The van der Waals surface area contributed by atoms with Crippen molar-refractivity contribution in [2.24, 2.45) is 7.05 Å². The smallest absolute Gasteiger partial charge is 0.0650 e. The molecule has 0 aliphatic heterocycles. The van der Waals surface area contributed by atoms with E-state index < -0.39 is 5.54 Å². The summed E-state index contributed by atoms with van der Waals surface area (Å²) in [6.45, 7) is 3.78. The Morgan fingerprint density at radius 1 is 1.50 bits per heavy atom. The summed E-state index contributed by atoms with van der Waals surface area (Å²) in [4.78, 5) is 0. The quantitative estimate of drug-likeness (QED) is 0.649. The van der Waals surface area contributed by atoms with Crippen LogP contribution < -0.4 is 5.32 Å². The monoisotopic (exact) mass is 227 g/mol. The molecule has 1 aromatic heterocycles. The minimum atomic E-state index is -0.616. The zero-order chi connectivity index (χ0) is 12.2. The first-order valence-corrected chi connectivity index (χ1v) is 5.55. The van der Waals surface area contributed by atoms with Crippen molar-refractivity contribution in [1.82, 2.24) is 15.1 Å². The van der Waals surface area contributed by atoms with Crippen molar-refractivity contribution in [2.75, 3.05) is 13.2 Å². The van der Waals surface area contributed by atoms with Crippen LogP contribution in [-0.2, 0) is 7.05 Å². The van der Waals surface area contributed by atoms with Crippen molar-refractivity contribution in [3.8, 4) is 0 Å². The van der Waals surface area contributed by atoms with Gasteiger partial charge in [0.05, 0.1) is 24.9 Å². The number of nitrogens with zero attached hydrogens (tertiary/aromatic N) is 2. The van der Waals surface area contributed by atoms with Gasteiger partial charge in [-0.15, -0.1) is 0 Å². The first-order valence-electron chi connectivity index (χ1n) is 5.55. The molecule has 1 rings (SSSR count). The lowest BCUT2D eigenvalue weighted by atomic mass is 9.96. The number of aliphatic hydroxyl groups excluding tert-OH is 2. The summed E-state index contributed by atoms with van der Waals surface area (Å²) in [5, 5.41) is 26.0. The highest BCUT2D eigenvalue weighted by atomic mass is 16.3. The van der Waals surface area contributed by atoms with E-state index in [0.29, 0.717) is 6.42 Å². The van der Waals surface area contributed by atoms with Gasteiger partial charge < -0.3 is 15.5 Å². The number of aliphatic hydroxyl groups is 2. The van der Waals surface area contributed by atoms with E-state index in [4.69, 9.17) is 0 Å². The fourth-order valence-electron chi connectivity index (χ4n) is 1.67. The van der Waals surface area contributed by atoms with Crippen LogP contribution in [0.2, 0.25) is 0 Å². The lowest BCUT2D eigenvalue weighted by molar-refractivity contribution is 0.0793. The van der Waals surface area contributed by atoms with E-state index in [1.807, 2.05) is 27.1 Å². The van der Waals surface area contributed by atoms with Crippen molar-refractivity contribution >= 4 is 0 Å². The highest BCUT2D eigenvalue weighted by Crippen LogP contribution is 2.17. The molecular weight excluding hydrogens is 206 g/mol. The van der Waals surface area contributed by atoms with Gasteiger partial charge in [-0.25, -0.2) is 0 Å². The largest absolute Gasteiger partial charge is 0.394 e. The van der Waals surface area contributed by atoms with Gasteiger partial charge in [0, 0.05) is 24.8 Å². The molecule has 0 saturated carbocycles. The number of nitrogens with one attached hydrogen (secondary N) is 1. The average molecular weight is 227 g/mol. The molecule has 5 heteroatoms. The molecule has 5 nitrogen and oxygen atoms in total. The number of aryl methyl sites for hydroxylation is 1. The SMILES string of the molecule is CCC(CO)(CO)NC(C)c1cnn(C)c1. The van der Waals surface area contributed by atoms with Gasteiger partial charge in [0.2, 0.25) is 0 Å². The molecule has 0 aromatic carbocycles. The van der Waals surface area contributed by atoms with Crippen LogP contribution in [0.1, 0.15) is 31.9 Å². The third-order valence-corrected chi connectivity index (χ3v) is 3.03. The molecule has 0 spiro atoms. The lowest BCUT2D eigenvalue weighted by Gasteiger charge is -2.33. The molecule has 1 atom stereocenters. The summed E-state index contributed by atoms with van der Waals surface area (Å²) < 4.78 is 1.74. The van der Waals surface area contributed by atoms with Crippen LogP contribution in [0.3, 0.4) is 0 Å². The van der Waals surface area contributed by atoms with Crippen molar-refractivity contribution in [1.29, 1.82) is 0 Å². The predicted molar refractivity (Wildman–Crippen MR) is 62.0 cm³/mol. The highest BCUT2D eigenvalue weighted by molar-refractivity contribution is 5.10. The highest BCUT2D eigenvalue weighted by Gasteiger charge is 2.28. The second kappa shape index (κ2) is 5.43. The maximum absolute atomic E-state index is 9.33. The van der Waals surface area contributed by atoms with E-state index in [0.717, 1.165) is 5.56 Å². The van der Waals surface area contributed by atoms with Crippen LogP contribution in [0.15, 0.2) is 12.4 Å². The second-order valence-corrected chi connectivity index (χ2v) is 4.26. The van der Waals surface area contributed by atoms with Crippen LogP contribution >= 0.6 is 0 Å². The van der Waals surface area contributed by atoms with E-state index in [2.05, 4.69) is 10.4 Å². The fourth-order valence-corrected chi connectivity index (χ4v) is 1.67. The molecule has 0 aliphatic rings. The van der Waals surface area contributed by atoms with Crippen LogP contribution in [0, 0.1) is 0 Å². The molecule has 0 radical (unpaired) electrons. The Hall–Kier alpha value is -0.910. The van der Waals surface area contributed by atoms with E-state index in [-0.39, 0.29) is 19.3 Å². The molecule has 0 bridgehead atoms. The van der Waals surface area contributed by atoms with Crippen LogP contribution in [0.5, 0.6) is 0 Å².